The zero-order valence-corrected chi connectivity index (χ0v) is 20.3. The van der Waals surface area contributed by atoms with Crippen LogP contribution in [-0.4, -0.2) is 93.3 Å². The van der Waals surface area contributed by atoms with Crippen molar-refractivity contribution in [1.82, 2.24) is 19.0 Å². The van der Waals surface area contributed by atoms with E-state index in [9.17, 15) is 13.2 Å². The molecule has 2 aromatic rings. The Bertz CT molecular complexity index is 1060. The fraction of sp³-hybridized carbons (Fsp3) is 0.458. The fourth-order valence-electron chi connectivity index (χ4n) is 4.38. The van der Waals surface area contributed by atoms with Crippen LogP contribution in [0.5, 0.6) is 5.75 Å². The summed E-state index contributed by atoms with van der Waals surface area (Å²) in [6, 6.07) is 14.1. The van der Waals surface area contributed by atoms with Crippen LogP contribution in [0.3, 0.4) is 0 Å². The van der Waals surface area contributed by atoms with E-state index in [2.05, 4.69) is 16.8 Å². The van der Waals surface area contributed by atoms with E-state index in [-0.39, 0.29) is 17.3 Å². The standard InChI is InChI=1S/C24H32N4O4S/c1-19-4-10-22(11-5-19)33(30,31)28-17-16-27(23(29)18-26-14-12-25(2)13-15-26)24(28)20-6-8-21(32-3)9-7-20/h4-11,24H,12-18H2,1-3H3/t24-/m1/s1. The number of ether oxygens (including phenoxy) is 1. The van der Waals surface area contributed by atoms with Gasteiger partial charge in [-0.15, -0.1) is 0 Å². The Hall–Kier alpha value is -2.46. The van der Waals surface area contributed by atoms with E-state index in [4.69, 9.17) is 4.74 Å². The van der Waals surface area contributed by atoms with Crippen molar-refractivity contribution < 1.29 is 17.9 Å². The maximum atomic E-state index is 13.6. The van der Waals surface area contributed by atoms with Gasteiger partial charge in [0, 0.05) is 39.3 Å². The molecule has 9 heteroatoms. The molecule has 2 aliphatic rings. The first-order valence-corrected chi connectivity index (χ1v) is 12.7. The Morgan fingerprint density at radius 3 is 2.18 bits per heavy atom. The van der Waals surface area contributed by atoms with Crippen LogP contribution < -0.4 is 4.74 Å². The average Bonchev–Trinajstić information content (AvgIpc) is 3.27. The normalized spacial score (nSPS) is 20.8. The van der Waals surface area contributed by atoms with Crippen LogP contribution >= 0.6 is 0 Å². The molecule has 0 N–H and O–H groups in total. The lowest BCUT2D eigenvalue weighted by atomic mass is 10.1. The number of rotatable bonds is 6. The van der Waals surface area contributed by atoms with Crippen molar-refractivity contribution >= 4 is 15.9 Å². The van der Waals surface area contributed by atoms with Gasteiger partial charge in [-0.05, 0) is 43.8 Å². The smallest absolute Gasteiger partial charge is 0.245 e. The lowest BCUT2D eigenvalue weighted by molar-refractivity contribution is -0.134. The van der Waals surface area contributed by atoms with Gasteiger partial charge in [-0.1, -0.05) is 29.8 Å². The molecule has 0 spiro atoms. The summed E-state index contributed by atoms with van der Waals surface area (Å²) in [5.74, 6) is 0.627. The first kappa shape index (κ1) is 23.7. The summed E-state index contributed by atoms with van der Waals surface area (Å²) in [4.78, 5) is 19.7. The van der Waals surface area contributed by atoms with E-state index in [0.717, 1.165) is 37.3 Å². The fourth-order valence-corrected chi connectivity index (χ4v) is 5.95. The molecular formula is C24H32N4O4S. The molecule has 8 nitrogen and oxygen atoms in total. The molecule has 178 valence electrons. The molecule has 0 saturated carbocycles. The number of aryl methyl sites for hydroxylation is 1. The van der Waals surface area contributed by atoms with Crippen LogP contribution in [0.15, 0.2) is 53.4 Å². The first-order valence-electron chi connectivity index (χ1n) is 11.2. The van der Waals surface area contributed by atoms with Gasteiger partial charge in [-0.25, -0.2) is 8.42 Å². The minimum Gasteiger partial charge on any atom is -0.497 e. The Labute approximate surface area is 196 Å². The van der Waals surface area contributed by atoms with Gasteiger partial charge in [0.25, 0.3) is 0 Å². The van der Waals surface area contributed by atoms with Gasteiger partial charge in [-0.3, -0.25) is 9.69 Å². The third kappa shape index (κ3) is 5.06. The summed E-state index contributed by atoms with van der Waals surface area (Å²) in [6.07, 6.45) is -0.692. The zero-order valence-electron chi connectivity index (χ0n) is 19.5. The highest BCUT2D eigenvalue weighted by Gasteiger charge is 2.43. The number of carbonyl (C=O) groups excluding carboxylic acids is 1. The van der Waals surface area contributed by atoms with E-state index in [1.54, 1.807) is 48.4 Å². The van der Waals surface area contributed by atoms with Gasteiger partial charge in [0.15, 0.2) is 0 Å². The number of likely N-dealkylation sites (N-methyl/N-ethyl adjacent to an activating group) is 1. The summed E-state index contributed by atoms with van der Waals surface area (Å²) in [6.45, 7) is 6.31. The van der Waals surface area contributed by atoms with Crippen molar-refractivity contribution in [3.05, 3.63) is 59.7 Å². The lowest BCUT2D eigenvalue weighted by Crippen LogP contribution is -2.49. The predicted octanol–water partition coefficient (Wildman–Crippen LogP) is 1.78. The molecule has 2 heterocycles. The van der Waals surface area contributed by atoms with Crippen molar-refractivity contribution in [1.29, 1.82) is 0 Å². The maximum absolute atomic E-state index is 13.6. The highest BCUT2D eigenvalue weighted by atomic mass is 32.2. The number of amides is 1. The minimum absolute atomic E-state index is 0.0537. The molecule has 2 saturated heterocycles. The topological polar surface area (TPSA) is 73.4 Å². The molecule has 2 fully saturated rings. The Balaban J connectivity index is 1.63. The average molecular weight is 473 g/mol. The number of sulfonamides is 1. The Kier molecular flexibility index (Phi) is 7.04. The van der Waals surface area contributed by atoms with Gasteiger partial charge < -0.3 is 14.5 Å². The van der Waals surface area contributed by atoms with Crippen LogP contribution in [0, 0.1) is 6.92 Å². The molecule has 4 rings (SSSR count). The van der Waals surface area contributed by atoms with Crippen LogP contribution in [0.1, 0.15) is 17.3 Å². The largest absolute Gasteiger partial charge is 0.497 e. The van der Waals surface area contributed by atoms with Crippen molar-refractivity contribution in [2.45, 2.75) is 18.0 Å². The third-order valence-electron chi connectivity index (χ3n) is 6.45. The van der Waals surface area contributed by atoms with E-state index in [1.165, 1.54) is 4.31 Å². The van der Waals surface area contributed by atoms with Crippen molar-refractivity contribution in [3.63, 3.8) is 0 Å². The molecule has 33 heavy (non-hydrogen) atoms. The second-order valence-electron chi connectivity index (χ2n) is 8.74. The number of benzene rings is 2. The molecule has 1 atom stereocenters. The molecule has 0 unspecified atom stereocenters. The highest BCUT2D eigenvalue weighted by Crippen LogP contribution is 2.36. The quantitative estimate of drug-likeness (QED) is 0.638. The maximum Gasteiger partial charge on any atom is 0.245 e. The zero-order chi connectivity index (χ0) is 23.6. The second kappa shape index (κ2) is 9.80. The number of hydrogen-bond acceptors (Lipinski definition) is 6. The number of methoxy groups -OCH3 is 1. The van der Waals surface area contributed by atoms with E-state index in [1.807, 2.05) is 19.1 Å². The van der Waals surface area contributed by atoms with Crippen LogP contribution in [0.25, 0.3) is 0 Å². The summed E-state index contributed by atoms with van der Waals surface area (Å²) >= 11 is 0. The monoisotopic (exact) mass is 472 g/mol. The summed E-state index contributed by atoms with van der Waals surface area (Å²) in [5, 5.41) is 0. The molecule has 0 aliphatic carbocycles. The van der Waals surface area contributed by atoms with Crippen molar-refractivity contribution in [3.8, 4) is 5.75 Å². The number of carbonyl (C=O) groups is 1. The highest BCUT2D eigenvalue weighted by molar-refractivity contribution is 7.89. The molecule has 2 aromatic carbocycles. The van der Waals surface area contributed by atoms with Crippen molar-refractivity contribution in [2.24, 2.45) is 0 Å². The second-order valence-corrected chi connectivity index (χ2v) is 10.6. The van der Waals surface area contributed by atoms with Gasteiger partial charge in [0.05, 0.1) is 18.6 Å². The SMILES string of the molecule is COc1ccc([C@@H]2N(C(=O)CN3CCN(C)CC3)CCN2S(=O)(=O)c2ccc(C)cc2)cc1. The van der Waals surface area contributed by atoms with E-state index < -0.39 is 16.2 Å². The van der Waals surface area contributed by atoms with Crippen molar-refractivity contribution in [2.75, 3.05) is 60.0 Å². The molecule has 2 aliphatic heterocycles. The van der Waals surface area contributed by atoms with E-state index in [0.29, 0.717) is 18.8 Å². The van der Waals surface area contributed by atoms with Crippen LogP contribution in [0.4, 0.5) is 0 Å². The first-order chi connectivity index (χ1) is 15.8. The predicted molar refractivity (Wildman–Crippen MR) is 126 cm³/mol. The molecular weight excluding hydrogens is 440 g/mol. The third-order valence-corrected chi connectivity index (χ3v) is 8.31. The Morgan fingerprint density at radius 2 is 1.58 bits per heavy atom. The molecule has 0 radical (unpaired) electrons. The number of nitrogens with zero attached hydrogens (tertiary/aromatic N) is 4. The van der Waals surface area contributed by atoms with Gasteiger partial charge >= 0.3 is 0 Å². The minimum atomic E-state index is -3.79. The van der Waals surface area contributed by atoms with E-state index >= 15 is 0 Å². The molecule has 0 aromatic heterocycles. The van der Waals surface area contributed by atoms with Crippen LogP contribution in [-0.2, 0) is 14.8 Å². The number of hydrogen-bond donors (Lipinski definition) is 0. The van der Waals surface area contributed by atoms with Gasteiger partial charge in [0.2, 0.25) is 15.9 Å². The summed E-state index contributed by atoms with van der Waals surface area (Å²) < 4.78 is 33.9. The van der Waals surface area contributed by atoms with Gasteiger partial charge in [0.1, 0.15) is 11.9 Å². The van der Waals surface area contributed by atoms with Gasteiger partial charge in [-0.2, -0.15) is 4.31 Å². The van der Waals surface area contributed by atoms with Crippen LogP contribution in [0.2, 0.25) is 0 Å². The lowest BCUT2D eigenvalue weighted by Gasteiger charge is -2.35. The Morgan fingerprint density at radius 1 is 0.939 bits per heavy atom. The summed E-state index contributed by atoms with van der Waals surface area (Å²) in [5.41, 5.74) is 1.74. The molecule has 0 bridgehead atoms. The molecule has 1 amide bonds. The number of piperazine rings is 1. The summed E-state index contributed by atoms with van der Waals surface area (Å²) in [7, 11) is -0.123.